The minimum Gasteiger partial charge on any atom is -0.358 e. The molecule has 0 saturated heterocycles. The lowest BCUT2D eigenvalue weighted by Gasteiger charge is -2.14. The second kappa shape index (κ2) is 4.77. The highest BCUT2D eigenvalue weighted by molar-refractivity contribution is 5.80. The van der Waals surface area contributed by atoms with Gasteiger partial charge in [-0.1, -0.05) is 48.5 Å². The molecule has 1 heteroatoms. The van der Waals surface area contributed by atoms with Crippen molar-refractivity contribution in [3.05, 3.63) is 91.0 Å². The molecule has 19 heavy (non-hydrogen) atoms. The molecule has 0 bridgehead atoms. The molecule has 0 saturated carbocycles. The standard InChI is InChI=1S/C18H16N/c1-3-15(16-10-6-4-8-13(16)2)18-12-14-9-5-7-11-17(14)19-18/h3-12,15,19H,1-2H2. The summed E-state index contributed by atoms with van der Waals surface area (Å²) < 4.78 is 0. The quantitative estimate of drug-likeness (QED) is 0.646. The second-order valence-electron chi connectivity index (χ2n) is 4.72. The number of hydrogen-bond donors (Lipinski definition) is 1. The molecule has 1 aromatic heterocycles. The first-order valence-corrected chi connectivity index (χ1v) is 6.40. The van der Waals surface area contributed by atoms with Crippen LogP contribution in [0.1, 0.15) is 22.7 Å². The summed E-state index contributed by atoms with van der Waals surface area (Å²) in [4.78, 5) is 3.47. The Kier molecular flexibility index (Phi) is 2.96. The summed E-state index contributed by atoms with van der Waals surface area (Å²) in [5, 5.41) is 1.23. The number of allylic oxidation sites excluding steroid dienone is 1. The number of aromatic amines is 1. The van der Waals surface area contributed by atoms with Crippen LogP contribution in [0.15, 0.2) is 67.3 Å². The van der Waals surface area contributed by atoms with E-state index in [1.54, 1.807) is 0 Å². The fourth-order valence-electron chi connectivity index (χ4n) is 2.52. The molecule has 1 atom stereocenters. The fourth-order valence-corrected chi connectivity index (χ4v) is 2.52. The zero-order chi connectivity index (χ0) is 13.2. The van der Waals surface area contributed by atoms with Crippen LogP contribution in [-0.2, 0) is 0 Å². The highest BCUT2D eigenvalue weighted by Crippen LogP contribution is 2.29. The smallest absolute Gasteiger partial charge is 0.0456 e. The van der Waals surface area contributed by atoms with Gasteiger partial charge in [-0.05, 0) is 35.6 Å². The molecule has 3 rings (SSSR count). The maximum Gasteiger partial charge on any atom is 0.0456 e. The van der Waals surface area contributed by atoms with Crippen molar-refractivity contribution in [2.24, 2.45) is 0 Å². The van der Waals surface area contributed by atoms with E-state index < -0.39 is 0 Å². The van der Waals surface area contributed by atoms with Gasteiger partial charge in [-0.25, -0.2) is 0 Å². The highest BCUT2D eigenvalue weighted by Gasteiger charge is 2.14. The van der Waals surface area contributed by atoms with E-state index >= 15 is 0 Å². The van der Waals surface area contributed by atoms with Crippen LogP contribution in [0.3, 0.4) is 0 Å². The Morgan fingerprint density at radius 3 is 2.47 bits per heavy atom. The van der Waals surface area contributed by atoms with Gasteiger partial charge in [0.15, 0.2) is 0 Å². The number of rotatable bonds is 3. The van der Waals surface area contributed by atoms with E-state index in [4.69, 9.17) is 0 Å². The largest absolute Gasteiger partial charge is 0.358 e. The molecular weight excluding hydrogens is 230 g/mol. The summed E-state index contributed by atoms with van der Waals surface area (Å²) in [5.74, 6) is 0.154. The second-order valence-corrected chi connectivity index (χ2v) is 4.72. The normalized spacial score (nSPS) is 12.5. The van der Waals surface area contributed by atoms with Crippen LogP contribution in [-0.4, -0.2) is 4.98 Å². The summed E-state index contributed by atoms with van der Waals surface area (Å²) in [6.07, 6.45) is 1.97. The van der Waals surface area contributed by atoms with Crippen molar-refractivity contribution in [1.29, 1.82) is 0 Å². The Labute approximate surface area is 113 Å². The van der Waals surface area contributed by atoms with Crippen molar-refractivity contribution in [1.82, 2.24) is 4.98 Å². The maximum absolute atomic E-state index is 4.11. The van der Waals surface area contributed by atoms with Gasteiger partial charge >= 0.3 is 0 Å². The number of fused-ring (bicyclic) bond motifs is 1. The topological polar surface area (TPSA) is 15.8 Å². The monoisotopic (exact) mass is 246 g/mol. The van der Waals surface area contributed by atoms with Gasteiger partial charge in [0.05, 0.1) is 0 Å². The molecule has 1 radical (unpaired) electrons. The molecule has 1 N–H and O–H groups in total. The molecule has 3 aromatic rings. The zero-order valence-electron chi connectivity index (χ0n) is 10.8. The van der Waals surface area contributed by atoms with Gasteiger partial charge in [-0.2, -0.15) is 0 Å². The number of nitrogens with one attached hydrogen (secondary N) is 1. The molecule has 93 valence electrons. The molecule has 1 nitrogen and oxygen atoms in total. The molecule has 0 spiro atoms. The van der Waals surface area contributed by atoms with E-state index in [1.165, 1.54) is 10.9 Å². The molecule has 0 fully saturated rings. The van der Waals surface area contributed by atoms with Gasteiger partial charge in [-0.3, -0.25) is 0 Å². The van der Waals surface area contributed by atoms with Gasteiger partial charge in [0.2, 0.25) is 0 Å². The van der Waals surface area contributed by atoms with Crippen molar-refractivity contribution in [2.75, 3.05) is 0 Å². The molecule has 1 heterocycles. The van der Waals surface area contributed by atoms with Crippen LogP contribution in [0.4, 0.5) is 0 Å². The predicted molar refractivity (Wildman–Crippen MR) is 81.2 cm³/mol. The van der Waals surface area contributed by atoms with E-state index in [9.17, 15) is 0 Å². The van der Waals surface area contributed by atoms with Crippen LogP contribution in [0.25, 0.3) is 10.9 Å². The number of H-pyrrole nitrogens is 1. The summed E-state index contributed by atoms with van der Waals surface area (Å²) >= 11 is 0. The van der Waals surface area contributed by atoms with E-state index in [-0.39, 0.29) is 5.92 Å². The van der Waals surface area contributed by atoms with Crippen molar-refractivity contribution in [2.45, 2.75) is 5.92 Å². The number of para-hydroxylation sites is 1. The summed E-state index contributed by atoms with van der Waals surface area (Å²) in [6.45, 7) is 8.08. The Bertz CT molecular complexity index is 688. The van der Waals surface area contributed by atoms with Crippen molar-refractivity contribution < 1.29 is 0 Å². The zero-order valence-corrected chi connectivity index (χ0v) is 10.8. The van der Waals surface area contributed by atoms with E-state index in [1.807, 2.05) is 30.3 Å². The molecule has 0 aliphatic carbocycles. The Morgan fingerprint density at radius 1 is 1.00 bits per heavy atom. The van der Waals surface area contributed by atoms with Crippen molar-refractivity contribution >= 4 is 10.9 Å². The first-order valence-electron chi connectivity index (χ1n) is 6.40. The third kappa shape index (κ3) is 2.08. The van der Waals surface area contributed by atoms with Gasteiger partial charge in [0.1, 0.15) is 0 Å². The summed E-state index contributed by atoms with van der Waals surface area (Å²) in [7, 11) is 0. The highest BCUT2D eigenvalue weighted by atomic mass is 14.7. The van der Waals surface area contributed by atoms with Crippen LogP contribution in [0.2, 0.25) is 0 Å². The third-order valence-corrected chi connectivity index (χ3v) is 3.51. The first kappa shape index (κ1) is 11.8. The summed E-state index contributed by atoms with van der Waals surface area (Å²) in [6, 6.07) is 18.7. The molecule has 1 unspecified atom stereocenters. The van der Waals surface area contributed by atoms with E-state index in [0.717, 1.165) is 16.8 Å². The minimum absolute atomic E-state index is 0.154. The predicted octanol–water partition coefficient (Wildman–Crippen LogP) is 4.67. The average molecular weight is 246 g/mol. The minimum atomic E-state index is 0.154. The molecule has 0 aliphatic heterocycles. The number of hydrogen-bond acceptors (Lipinski definition) is 0. The number of aromatic nitrogens is 1. The van der Waals surface area contributed by atoms with Crippen molar-refractivity contribution in [3.8, 4) is 0 Å². The lowest BCUT2D eigenvalue weighted by Crippen LogP contribution is -2.00. The number of benzene rings is 2. The first-order chi connectivity index (χ1) is 9.29. The van der Waals surface area contributed by atoms with Gasteiger partial charge in [0.25, 0.3) is 0 Å². The van der Waals surface area contributed by atoms with Gasteiger partial charge < -0.3 is 4.98 Å². The summed E-state index contributed by atoms with van der Waals surface area (Å²) in [5.41, 5.74) is 4.56. The van der Waals surface area contributed by atoms with Crippen LogP contribution in [0.5, 0.6) is 0 Å². The molecule has 2 aromatic carbocycles. The lowest BCUT2D eigenvalue weighted by atomic mass is 9.92. The Balaban J connectivity index is 2.12. The van der Waals surface area contributed by atoms with Crippen LogP contribution in [0, 0.1) is 6.92 Å². The third-order valence-electron chi connectivity index (χ3n) is 3.51. The average Bonchev–Trinajstić information content (AvgIpc) is 2.85. The molecular formula is C18H16N. The Morgan fingerprint density at radius 2 is 1.74 bits per heavy atom. The van der Waals surface area contributed by atoms with Crippen LogP contribution < -0.4 is 0 Å². The molecule has 0 amide bonds. The lowest BCUT2D eigenvalue weighted by molar-refractivity contribution is 0.976. The SMILES string of the molecule is [CH2]c1ccccc1C(C=C)c1cc2ccccc2[nH]1. The van der Waals surface area contributed by atoms with Gasteiger partial charge in [-0.15, -0.1) is 6.58 Å². The Hall–Kier alpha value is -2.28. The molecule has 0 aliphatic rings. The van der Waals surface area contributed by atoms with Crippen LogP contribution >= 0.6 is 0 Å². The van der Waals surface area contributed by atoms with Gasteiger partial charge in [0, 0.05) is 17.1 Å². The van der Waals surface area contributed by atoms with E-state index in [0.29, 0.717) is 0 Å². The van der Waals surface area contributed by atoms with Crippen molar-refractivity contribution in [3.63, 3.8) is 0 Å². The van der Waals surface area contributed by atoms with E-state index in [2.05, 4.69) is 48.8 Å². The fraction of sp³-hybridized carbons (Fsp3) is 0.0556. The maximum atomic E-state index is 4.11.